The molecule has 1 N–H and O–H groups in total. The topological polar surface area (TPSA) is 77.8 Å². The van der Waals surface area contributed by atoms with Gasteiger partial charge in [-0.25, -0.2) is 4.79 Å². The average molecular weight is 391 g/mol. The van der Waals surface area contributed by atoms with Gasteiger partial charge < -0.3 is 19.2 Å². The van der Waals surface area contributed by atoms with Crippen molar-refractivity contribution in [2.75, 3.05) is 11.9 Å². The summed E-state index contributed by atoms with van der Waals surface area (Å²) in [6.45, 7) is 2.32. The molecule has 0 aliphatic heterocycles. The fraction of sp³-hybridized carbons (Fsp3) is 0.130. The maximum Gasteiger partial charge on any atom is 0.332 e. The number of hydrogen-bond acceptors (Lipinski definition) is 5. The summed E-state index contributed by atoms with van der Waals surface area (Å²) in [5, 5.41) is 2.79. The molecule has 29 heavy (non-hydrogen) atoms. The highest BCUT2D eigenvalue weighted by molar-refractivity contribution is 5.98. The molecule has 1 unspecified atom stereocenters. The smallest absolute Gasteiger partial charge is 0.332 e. The predicted molar refractivity (Wildman–Crippen MR) is 109 cm³/mol. The van der Waals surface area contributed by atoms with Crippen molar-refractivity contribution in [2.24, 2.45) is 0 Å². The molecule has 0 spiro atoms. The summed E-state index contributed by atoms with van der Waals surface area (Å²) >= 11 is 0. The van der Waals surface area contributed by atoms with Gasteiger partial charge in [0, 0.05) is 11.6 Å². The number of nitrogens with one attached hydrogen (secondary N) is 1. The van der Waals surface area contributed by atoms with Crippen LogP contribution < -0.4 is 10.1 Å². The van der Waals surface area contributed by atoms with Crippen LogP contribution in [-0.4, -0.2) is 18.5 Å². The Hall–Kier alpha value is -3.80. The van der Waals surface area contributed by atoms with Gasteiger partial charge in [0.2, 0.25) is 6.10 Å². The lowest BCUT2D eigenvalue weighted by Gasteiger charge is -2.18. The van der Waals surface area contributed by atoms with Gasteiger partial charge in [0.25, 0.3) is 5.91 Å². The molecule has 0 fully saturated rings. The number of carbonyl (C=O) groups excluding carboxylic acids is 2. The number of esters is 1. The minimum Gasteiger partial charge on any atom is -0.492 e. The molecule has 3 rings (SSSR count). The van der Waals surface area contributed by atoms with Gasteiger partial charge in [-0.1, -0.05) is 42.5 Å². The Morgan fingerprint density at radius 2 is 1.79 bits per heavy atom. The van der Waals surface area contributed by atoms with Crippen molar-refractivity contribution in [2.45, 2.75) is 13.0 Å². The maximum absolute atomic E-state index is 13.0. The Labute approximate surface area is 168 Å². The monoisotopic (exact) mass is 391 g/mol. The largest absolute Gasteiger partial charge is 0.492 e. The van der Waals surface area contributed by atoms with Crippen molar-refractivity contribution < 1.29 is 23.5 Å². The van der Waals surface area contributed by atoms with E-state index in [9.17, 15) is 9.59 Å². The highest BCUT2D eigenvalue weighted by atomic mass is 16.5. The molecule has 148 valence electrons. The third-order valence-electron chi connectivity index (χ3n) is 3.95. The van der Waals surface area contributed by atoms with Crippen molar-refractivity contribution in [1.82, 2.24) is 0 Å². The van der Waals surface area contributed by atoms with Gasteiger partial charge in [0.15, 0.2) is 0 Å². The van der Waals surface area contributed by atoms with E-state index in [1.807, 2.05) is 19.1 Å². The van der Waals surface area contributed by atoms with Crippen LogP contribution in [0.5, 0.6) is 5.75 Å². The van der Waals surface area contributed by atoms with E-state index in [0.29, 0.717) is 29.4 Å². The normalized spacial score (nSPS) is 11.8. The predicted octanol–water partition coefficient (Wildman–Crippen LogP) is 4.61. The zero-order valence-electron chi connectivity index (χ0n) is 15.9. The fourth-order valence-electron chi connectivity index (χ4n) is 2.64. The van der Waals surface area contributed by atoms with E-state index in [0.717, 1.165) is 0 Å². The van der Waals surface area contributed by atoms with Crippen LogP contribution in [0.2, 0.25) is 0 Å². The summed E-state index contributed by atoms with van der Waals surface area (Å²) in [6, 6.07) is 19.3. The first-order chi connectivity index (χ1) is 14.2. The second kappa shape index (κ2) is 9.94. The minimum atomic E-state index is -1.13. The Morgan fingerprint density at radius 1 is 1.03 bits per heavy atom. The molecule has 0 radical (unpaired) electrons. The van der Waals surface area contributed by atoms with E-state index in [1.54, 1.807) is 54.6 Å². The standard InChI is InChI=1S/C23H21NO5/c1-2-27-20-13-7-6-12-19(20)24-23(26)22(17-9-4-3-5-10-17)29-21(25)15-14-18-11-8-16-28-18/h3-16,22H,2H2,1H3,(H,24,26)/b15-14+. The zero-order chi connectivity index (χ0) is 20.5. The van der Waals surface area contributed by atoms with E-state index < -0.39 is 18.0 Å². The minimum absolute atomic E-state index is 0.460. The Morgan fingerprint density at radius 3 is 2.52 bits per heavy atom. The first-order valence-electron chi connectivity index (χ1n) is 9.17. The number of rotatable bonds is 8. The fourth-order valence-corrected chi connectivity index (χ4v) is 2.64. The Bertz CT molecular complexity index is 964. The van der Waals surface area contributed by atoms with Gasteiger partial charge in [-0.2, -0.15) is 0 Å². The molecule has 2 aromatic carbocycles. The number of para-hydroxylation sites is 2. The first kappa shape index (κ1) is 19.9. The summed E-state index contributed by atoms with van der Waals surface area (Å²) in [4.78, 5) is 25.2. The van der Waals surface area contributed by atoms with E-state index >= 15 is 0 Å². The molecule has 1 aromatic heterocycles. The number of furan rings is 1. The molecule has 0 saturated carbocycles. The van der Waals surface area contributed by atoms with Crippen molar-refractivity contribution in [3.05, 3.63) is 90.4 Å². The average Bonchev–Trinajstić information content (AvgIpc) is 3.26. The Kier molecular flexibility index (Phi) is 6.84. The third-order valence-corrected chi connectivity index (χ3v) is 3.95. The quantitative estimate of drug-likeness (QED) is 0.448. The van der Waals surface area contributed by atoms with E-state index in [4.69, 9.17) is 13.9 Å². The van der Waals surface area contributed by atoms with E-state index in [1.165, 1.54) is 18.4 Å². The lowest BCUT2D eigenvalue weighted by atomic mass is 10.1. The van der Waals surface area contributed by atoms with Gasteiger partial charge in [-0.05, 0) is 37.3 Å². The van der Waals surface area contributed by atoms with Crippen molar-refractivity contribution in [1.29, 1.82) is 0 Å². The second-order valence-electron chi connectivity index (χ2n) is 5.99. The summed E-state index contributed by atoms with van der Waals surface area (Å²) in [5.41, 5.74) is 1.06. The molecule has 0 aliphatic carbocycles. The molecule has 0 aliphatic rings. The number of amides is 1. The van der Waals surface area contributed by atoms with Crippen molar-refractivity contribution in [3.63, 3.8) is 0 Å². The van der Waals surface area contributed by atoms with Gasteiger partial charge in [0.1, 0.15) is 11.5 Å². The second-order valence-corrected chi connectivity index (χ2v) is 5.99. The number of ether oxygens (including phenoxy) is 2. The number of benzene rings is 2. The van der Waals surface area contributed by atoms with Gasteiger partial charge >= 0.3 is 5.97 Å². The molecule has 6 heteroatoms. The van der Waals surface area contributed by atoms with Crippen LogP contribution in [0.3, 0.4) is 0 Å². The highest BCUT2D eigenvalue weighted by Crippen LogP contribution is 2.26. The number of carbonyl (C=O) groups is 2. The van der Waals surface area contributed by atoms with Gasteiger partial charge in [-0.3, -0.25) is 4.79 Å². The third kappa shape index (κ3) is 5.59. The SMILES string of the molecule is CCOc1ccccc1NC(=O)C(OC(=O)/C=C/c1ccco1)c1ccccc1. The summed E-state index contributed by atoms with van der Waals surface area (Å²) < 4.78 is 16.1. The molecule has 0 bridgehead atoms. The molecular weight excluding hydrogens is 370 g/mol. The summed E-state index contributed by atoms with van der Waals surface area (Å²) in [5.74, 6) is -0.0981. The first-order valence-corrected chi connectivity index (χ1v) is 9.17. The van der Waals surface area contributed by atoms with E-state index in [2.05, 4.69) is 5.32 Å². The van der Waals surface area contributed by atoms with Crippen molar-refractivity contribution in [3.8, 4) is 5.75 Å². The molecular formula is C23H21NO5. The molecule has 6 nitrogen and oxygen atoms in total. The van der Waals surface area contributed by atoms with Crippen LogP contribution in [0.1, 0.15) is 24.4 Å². The van der Waals surface area contributed by atoms with Gasteiger partial charge in [0.05, 0.1) is 18.6 Å². The highest BCUT2D eigenvalue weighted by Gasteiger charge is 2.25. The van der Waals surface area contributed by atoms with E-state index in [-0.39, 0.29) is 0 Å². The lowest BCUT2D eigenvalue weighted by Crippen LogP contribution is -2.25. The number of hydrogen-bond donors (Lipinski definition) is 1. The van der Waals surface area contributed by atoms with Gasteiger partial charge in [-0.15, -0.1) is 0 Å². The number of anilines is 1. The van der Waals surface area contributed by atoms with Crippen molar-refractivity contribution >= 4 is 23.6 Å². The van der Waals surface area contributed by atoms with Crippen LogP contribution in [0.4, 0.5) is 5.69 Å². The zero-order valence-corrected chi connectivity index (χ0v) is 15.9. The summed E-state index contributed by atoms with van der Waals surface area (Å²) in [6.07, 6.45) is 3.07. The molecule has 0 saturated heterocycles. The molecule has 1 heterocycles. The molecule has 3 aromatic rings. The van der Waals surface area contributed by atoms with Crippen LogP contribution in [0.15, 0.2) is 83.5 Å². The maximum atomic E-state index is 13.0. The Balaban J connectivity index is 1.78. The summed E-state index contributed by atoms with van der Waals surface area (Å²) in [7, 11) is 0. The molecule has 1 atom stereocenters. The van der Waals surface area contributed by atoms with Crippen LogP contribution in [0.25, 0.3) is 6.08 Å². The van der Waals surface area contributed by atoms with Crippen LogP contribution in [0, 0.1) is 0 Å². The van der Waals surface area contributed by atoms with Crippen LogP contribution >= 0.6 is 0 Å². The molecule has 1 amide bonds. The lowest BCUT2D eigenvalue weighted by molar-refractivity contribution is -0.149. The van der Waals surface area contributed by atoms with Crippen LogP contribution in [-0.2, 0) is 14.3 Å².